The first-order valence-corrected chi connectivity index (χ1v) is 8.69. The fourth-order valence-corrected chi connectivity index (χ4v) is 2.66. The Bertz CT molecular complexity index is 649. The maximum Gasteiger partial charge on any atom is 0.261 e. The number of nitrogens with zero attached hydrogens (tertiary/aromatic N) is 1. The second kappa shape index (κ2) is 6.70. The van der Waals surface area contributed by atoms with E-state index in [1.165, 1.54) is 4.90 Å². The molecule has 1 atom stereocenters. The average Bonchev–Trinajstić information content (AvgIpc) is 2.40. The fourth-order valence-electron chi connectivity index (χ4n) is 1.89. The number of halogens is 3. The Labute approximate surface area is 127 Å². The van der Waals surface area contributed by atoms with Crippen molar-refractivity contribution in [2.45, 2.75) is 38.1 Å². The molecule has 4 nitrogen and oxygen atoms in total. The van der Waals surface area contributed by atoms with Gasteiger partial charge in [0.1, 0.15) is 0 Å². The molecular weight excluding hydrogens is 324 g/mol. The number of amides is 1. The average molecular weight is 340 g/mol. The van der Waals surface area contributed by atoms with Gasteiger partial charge in [-0.3, -0.25) is 4.79 Å². The summed E-state index contributed by atoms with van der Waals surface area (Å²) < 4.78 is 49.8. The Hall–Kier alpha value is -1.21. The molecule has 1 rings (SSSR count). The summed E-state index contributed by atoms with van der Waals surface area (Å²) in [6, 6.07) is 1.02. The van der Waals surface area contributed by atoms with Gasteiger partial charge in [0, 0.05) is 23.3 Å². The summed E-state index contributed by atoms with van der Waals surface area (Å²) in [6.07, 6.45) is 0.622. The van der Waals surface area contributed by atoms with Gasteiger partial charge in [0.25, 0.3) is 15.0 Å². The van der Waals surface area contributed by atoms with Crippen LogP contribution in [-0.2, 0) is 9.05 Å². The van der Waals surface area contributed by atoms with Crippen LogP contribution in [0.3, 0.4) is 0 Å². The predicted octanol–water partition coefficient (Wildman–Crippen LogP) is 3.15. The summed E-state index contributed by atoms with van der Waals surface area (Å²) >= 11 is 0. The van der Waals surface area contributed by atoms with Gasteiger partial charge in [0.15, 0.2) is 11.6 Å². The smallest absolute Gasteiger partial charge is 0.261 e. The van der Waals surface area contributed by atoms with Crippen LogP contribution in [-0.4, -0.2) is 31.8 Å². The Kier molecular flexibility index (Phi) is 5.69. The molecule has 8 heteroatoms. The van der Waals surface area contributed by atoms with Gasteiger partial charge >= 0.3 is 0 Å². The number of hydrogen-bond acceptors (Lipinski definition) is 3. The molecule has 0 aromatic heterocycles. The van der Waals surface area contributed by atoms with Crippen molar-refractivity contribution < 1.29 is 22.0 Å². The van der Waals surface area contributed by atoms with Crippen molar-refractivity contribution >= 4 is 25.6 Å². The fraction of sp³-hybridized carbons (Fsp3) is 0.462. The molecule has 0 aliphatic carbocycles. The van der Waals surface area contributed by atoms with Crippen molar-refractivity contribution in [2.75, 3.05) is 6.54 Å². The number of benzene rings is 1. The van der Waals surface area contributed by atoms with E-state index in [-0.39, 0.29) is 12.6 Å². The van der Waals surface area contributed by atoms with E-state index in [0.717, 1.165) is 6.07 Å². The van der Waals surface area contributed by atoms with Gasteiger partial charge in [0.05, 0.1) is 10.5 Å². The zero-order valence-corrected chi connectivity index (χ0v) is 13.4. The second-order valence-corrected chi connectivity index (χ2v) is 7.12. The molecule has 0 spiro atoms. The summed E-state index contributed by atoms with van der Waals surface area (Å²) in [5.41, 5.74) is -0.642. The molecule has 0 aliphatic rings. The molecule has 0 N–H and O–H groups in total. The van der Waals surface area contributed by atoms with Gasteiger partial charge in [0.2, 0.25) is 0 Å². The summed E-state index contributed by atoms with van der Waals surface area (Å²) in [5, 5.41) is 0. The molecule has 0 saturated heterocycles. The van der Waals surface area contributed by atoms with Crippen molar-refractivity contribution in [3.05, 3.63) is 29.3 Å². The van der Waals surface area contributed by atoms with Crippen LogP contribution in [0.4, 0.5) is 8.78 Å². The zero-order valence-electron chi connectivity index (χ0n) is 11.9. The molecule has 0 radical (unpaired) electrons. The highest BCUT2D eigenvalue weighted by Crippen LogP contribution is 2.23. The third-order valence-corrected chi connectivity index (χ3v) is 4.57. The molecule has 118 valence electrons. The normalized spacial score (nSPS) is 13.0. The summed E-state index contributed by atoms with van der Waals surface area (Å²) in [7, 11) is 0.859. The predicted molar refractivity (Wildman–Crippen MR) is 75.9 cm³/mol. The van der Waals surface area contributed by atoms with Crippen LogP contribution in [0.2, 0.25) is 0 Å². The topological polar surface area (TPSA) is 54.5 Å². The van der Waals surface area contributed by atoms with Gasteiger partial charge in [-0.1, -0.05) is 6.92 Å². The van der Waals surface area contributed by atoms with Crippen molar-refractivity contribution in [3.63, 3.8) is 0 Å². The van der Waals surface area contributed by atoms with Crippen LogP contribution in [0.1, 0.15) is 37.6 Å². The molecule has 1 unspecified atom stereocenters. The molecule has 0 saturated carbocycles. The van der Waals surface area contributed by atoms with E-state index in [1.54, 1.807) is 13.8 Å². The molecule has 1 amide bonds. The van der Waals surface area contributed by atoms with E-state index in [9.17, 15) is 22.0 Å². The SMILES string of the molecule is CCC(C)N(CC)C(=O)c1cc(S(=O)(=O)Cl)cc(F)c1F. The Morgan fingerprint density at radius 3 is 2.33 bits per heavy atom. The zero-order chi connectivity index (χ0) is 16.4. The van der Waals surface area contributed by atoms with Crippen LogP contribution in [0, 0.1) is 11.6 Å². The van der Waals surface area contributed by atoms with E-state index in [4.69, 9.17) is 10.7 Å². The summed E-state index contributed by atoms with van der Waals surface area (Å²) in [5.74, 6) is -3.59. The highest BCUT2D eigenvalue weighted by atomic mass is 35.7. The summed E-state index contributed by atoms with van der Waals surface area (Å²) in [4.78, 5) is 13.0. The van der Waals surface area contributed by atoms with Crippen molar-refractivity contribution in [3.8, 4) is 0 Å². The van der Waals surface area contributed by atoms with Crippen LogP contribution in [0.5, 0.6) is 0 Å². The molecule has 1 aromatic rings. The highest BCUT2D eigenvalue weighted by Gasteiger charge is 2.26. The number of hydrogen-bond donors (Lipinski definition) is 0. The minimum atomic E-state index is -4.26. The van der Waals surface area contributed by atoms with Gasteiger partial charge < -0.3 is 4.90 Å². The largest absolute Gasteiger partial charge is 0.336 e. The lowest BCUT2D eigenvalue weighted by atomic mass is 10.1. The molecule has 0 heterocycles. The first kappa shape index (κ1) is 17.8. The minimum Gasteiger partial charge on any atom is -0.336 e. The number of carbonyl (C=O) groups is 1. The molecular formula is C13H16ClF2NO3S. The quantitative estimate of drug-likeness (QED) is 0.774. The maximum atomic E-state index is 13.8. The molecule has 1 aromatic carbocycles. The van der Waals surface area contributed by atoms with E-state index in [1.807, 2.05) is 6.92 Å². The second-order valence-electron chi connectivity index (χ2n) is 4.55. The van der Waals surface area contributed by atoms with E-state index >= 15 is 0 Å². The Morgan fingerprint density at radius 1 is 1.33 bits per heavy atom. The van der Waals surface area contributed by atoms with Crippen LogP contribution < -0.4 is 0 Å². The first-order valence-electron chi connectivity index (χ1n) is 6.38. The summed E-state index contributed by atoms with van der Waals surface area (Å²) in [6.45, 7) is 5.59. The lowest BCUT2D eigenvalue weighted by molar-refractivity contribution is 0.0693. The van der Waals surface area contributed by atoms with Crippen molar-refractivity contribution in [1.29, 1.82) is 0 Å². The minimum absolute atomic E-state index is 0.193. The molecule has 0 fully saturated rings. The van der Waals surface area contributed by atoms with Gasteiger partial charge in [-0.05, 0) is 32.4 Å². The molecule has 0 bridgehead atoms. The lowest BCUT2D eigenvalue weighted by Gasteiger charge is -2.27. The van der Waals surface area contributed by atoms with Gasteiger partial charge in [-0.2, -0.15) is 0 Å². The van der Waals surface area contributed by atoms with Crippen molar-refractivity contribution in [1.82, 2.24) is 4.90 Å². The highest BCUT2D eigenvalue weighted by molar-refractivity contribution is 8.13. The van der Waals surface area contributed by atoms with Crippen LogP contribution in [0.15, 0.2) is 17.0 Å². The number of carbonyl (C=O) groups excluding carboxylic acids is 1. The van der Waals surface area contributed by atoms with Crippen LogP contribution in [0.25, 0.3) is 0 Å². The van der Waals surface area contributed by atoms with E-state index in [2.05, 4.69) is 0 Å². The third kappa shape index (κ3) is 3.91. The molecule has 0 aliphatic heterocycles. The van der Waals surface area contributed by atoms with Gasteiger partial charge in [-0.15, -0.1) is 0 Å². The monoisotopic (exact) mass is 339 g/mol. The van der Waals surface area contributed by atoms with Gasteiger partial charge in [-0.25, -0.2) is 17.2 Å². The molecule has 21 heavy (non-hydrogen) atoms. The first-order chi connectivity index (χ1) is 9.63. The number of rotatable bonds is 5. The standard InChI is InChI=1S/C13H16ClF2NO3S/c1-4-8(3)17(5-2)13(18)10-6-9(21(14,19)20)7-11(15)12(10)16/h6-8H,4-5H2,1-3H3. The van der Waals surface area contributed by atoms with Crippen molar-refractivity contribution in [2.24, 2.45) is 0 Å². The van der Waals surface area contributed by atoms with Crippen LogP contribution >= 0.6 is 10.7 Å². The maximum absolute atomic E-state index is 13.8. The Morgan fingerprint density at radius 2 is 1.90 bits per heavy atom. The lowest BCUT2D eigenvalue weighted by Crippen LogP contribution is -2.38. The Balaban J connectivity index is 3.42. The van der Waals surface area contributed by atoms with E-state index in [0.29, 0.717) is 12.5 Å². The third-order valence-electron chi connectivity index (χ3n) is 3.24. The van der Waals surface area contributed by atoms with E-state index < -0.39 is 37.1 Å².